The van der Waals surface area contributed by atoms with E-state index in [0.717, 1.165) is 50.1 Å². The van der Waals surface area contributed by atoms with Crippen molar-refractivity contribution in [2.24, 2.45) is 0 Å². The minimum atomic E-state index is -0.550. The molecule has 2 heteroatoms. The van der Waals surface area contributed by atoms with E-state index in [4.69, 9.17) is 4.42 Å². The summed E-state index contributed by atoms with van der Waals surface area (Å²) < 4.78 is 6.65. The molecule has 2 aliphatic carbocycles. The lowest BCUT2D eigenvalue weighted by Crippen LogP contribution is -2.28. The third kappa shape index (κ3) is 5.35. The molecule has 306 valence electrons. The van der Waals surface area contributed by atoms with Gasteiger partial charge in [0.15, 0.2) is 0 Å². The molecular weight excluding hydrogens is 787 g/mol. The summed E-state index contributed by atoms with van der Waals surface area (Å²) in [4.78, 5) is 2.51. The Morgan fingerprint density at radius 2 is 0.923 bits per heavy atom. The van der Waals surface area contributed by atoms with Crippen molar-refractivity contribution in [3.8, 4) is 33.4 Å². The Hall–Kier alpha value is -8.20. The summed E-state index contributed by atoms with van der Waals surface area (Å²) in [5.41, 5.74) is 20.3. The quantitative estimate of drug-likeness (QED) is 0.159. The highest BCUT2D eigenvalue weighted by molar-refractivity contribution is 6.10. The highest BCUT2D eigenvalue weighted by Gasteiger charge is 2.47. The van der Waals surface area contributed by atoms with Crippen molar-refractivity contribution in [2.75, 3.05) is 4.90 Å². The summed E-state index contributed by atoms with van der Waals surface area (Å²) in [6.07, 6.45) is 0. The lowest BCUT2D eigenvalue weighted by molar-refractivity contribution is 0.670. The number of hydrogen-bond acceptors (Lipinski definition) is 2. The summed E-state index contributed by atoms with van der Waals surface area (Å²) >= 11 is 0. The van der Waals surface area contributed by atoms with Gasteiger partial charge in [0.1, 0.15) is 11.2 Å². The molecule has 1 unspecified atom stereocenters. The molecule has 0 radical (unpaired) electrons. The van der Waals surface area contributed by atoms with Gasteiger partial charge in [-0.05, 0) is 105 Å². The second-order valence-corrected chi connectivity index (χ2v) is 17.7. The average Bonchev–Trinajstić information content (AvgIpc) is 4.00. The van der Waals surface area contributed by atoms with Crippen LogP contribution in [0.4, 0.5) is 17.1 Å². The number of para-hydroxylation sites is 2. The van der Waals surface area contributed by atoms with E-state index in [0.29, 0.717) is 0 Å². The predicted molar refractivity (Wildman–Crippen MR) is 269 cm³/mol. The smallest absolute Gasteiger partial charge is 0.143 e. The fraction of sp³-hybridized carbons (Fsp3) is 0.0476. The minimum absolute atomic E-state index is 0.358. The van der Waals surface area contributed by atoms with Gasteiger partial charge >= 0.3 is 0 Å². The maximum atomic E-state index is 6.65. The summed E-state index contributed by atoms with van der Waals surface area (Å²) in [7, 11) is 0. The maximum Gasteiger partial charge on any atom is 0.143 e. The molecule has 0 aliphatic heterocycles. The normalized spacial score (nSPS) is 15.3. The summed E-state index contributed by atoms with van der Waals surface area (Å²) in [6.45, 7) is 2.40. The molecular formula is C63H43NO. The van der Waals surface area contributed by atoms with E-state index in [1.54, 1.807) is 0 Å². The lowest BCUT2D eigenvalue weighted by atomic mass is 9.67. The van der Waals surface area contributed by atoms with Crippen LogP contribution in [0, 0.1) is 0 Å². The Morgan fingerprint density at radius 3 is 1.69 bits per heavy atom. The topological polar surface area (TPSA) is 16.4 Å². The van der Waals surface area contributed by atoms with Crippen LogP contribution in [-0.2, 0) is 10.8 Å². The van der Waals surface area contributed by atoms with Crippen LogP contribution in [0.2, 0.25) is 0 Å². The fourth-order valence-corrected chi connectivity index (χ4v) is 11.6. The molecule has 0 saturated carbocycles. The molecule has 0 bridgehead atoms. The van der Waals surface area contributed by atoms with Crippen LogP contribution in [0.5, 0.6) is 0 Å². The molecule has 1 atom stereocenters. The van der Waals surface area contributed by atoms with E-state index in [-0.39, 0.29) is 5.41 Å². The third-order valence-electron chi connectivity index (χ3n) is 14.4. The van der Waals surface area contributed by atoms with Gasteiger partial charge in [0, 0.05) is 38.7 Å². The van der Waals surface area contributed by atoms with Crippen molar-refractivity contribution in [3.05, 3.63) is 282 Å². The van der Waals surface area contributed by atoms with E-state index < -0.39 is 5.41 Å². The van der Waals surface area contributed by atoms with E-state index in [1.807, 2.05) is 6.07 Å². The van der Waals surface area contributed by atoms with Gasteiger partial charge in [0.2, 0.25) is 0 Å². The zero-order valence-electron chi connectivity index (χ0n) is 35.9. The lowest BCUT2D eigenvalue weighted by Gasteiger charge is -2.35. The van der Waals surface area contributed by atoms with Crippen molar-refractivity contribution < 1.29 is 4.42 Å². The molecule has 10 aromatic carbocycles. The Balaban J connectivity index is 1.10. The standard InChI is InChI=1S/C63H43NO/c1-62(43-21-5-2-6-22-43)54-33-14-12-30-53(54)60-56(62)35-19-36-58(60)64(46-27-17-20-42(40-46)48-31-18-32-52-51-29-13-16-37-59(51)65-61(48)52)47-38-39-50-49-28-11-15-34-55(49)63(57(50)41-47,44-23-7-3-8-24-44)45-25-9-4-10-26-45/h2-41H,1H3. The van der Waals surface area contributed by atoms with Crippen LogP contribution in [-0.4, -0.2) is 0 Å². The molecule has 0 N–H and O–H groups in total. The number of fused-ring (bicyclic) bond motifs is 9. The molecule has 0 saturated heterocycles. The minimum Gasteiger partial charge on any atom is -0.455 e. The first kappa shape index (κ1) is 37.4. The van der Waals surface area contributed by atoms with Gasteiger partial charge in [0.25, 0.3) is 0 Å². The van der Waals surface area contributed by atoms with Crippen LogP contribution in [0.15, 0.2) is 247 Å². The highest BCUT2D eigenvalue weighted by Crippen LogP contribution is 2.60. The second kappa shape index (κ2) is 14.4. The Bertz CT molecular complexity index is 3580. The fourth-order valence-electron chi connectivity index (χ4n) is 11.6. The van der Waals surface area contributed by atoms with E-state index in [9.17, 15) is 0 Å². The van der Waals surface area contributed by atoms with Gasteiger partial charge in [-0.15, -0.1) is 0 Å². The molecule has 11 aromatic rings. The third-order valence-corrected chi connectivity index (χ3v) is 14.4. The van der Waals surface area contributed by atoms with Crippen LogP contribution >= 0.6 is 0 Å². The van der Waals surface area contributed by atoms with E-state index >= 15 is 0 Å². The van der Waals surface area contributed by atoms with Crippen LogP contribution in [0.1, 0.15) is 45.9 Å². The van der Waals surface area contributed by atoms with Gasteiger partial charge in [0.05, 0.1) is 11.1 Å². The zero-order valence-corrected chi connectivity index (χ0v) is 35.9. The molecule has 1 heterocycles. The van der Waals surface area contributed by atoms with Crippen molar-refractivity contribution in [1.82, 2.24) is 0 Å². The maximum absolute atomic E-state index is 6.65. The second-order valence-electron chi connectivity index (χ2n) is 17.7. The summed E-state index contributed by atoms with van der Waals surface area (Å²) in [5.74, 6) is 0. The highest BCUT2D eigenvalue weighted by atomic mass is 16.3. The van der Waals surface area contributed by atoms with Gasteiger partial charge in [-0.3, -0.25) is 0 Å². The molecule has 0 fully saturated rings. The first-order valence-corrected chi connectivity index (χ1v) is 22.6. The van der Waals surface area contributed by atoms with Crippen molar-refractivity contribution in [2.45, 2.75) is 17.8 Å². The molecule has 13 rings (SSSR count). The monoisotopic (exact) mass is 829 g/mol. The van der Waals surface area contributed by atoms with Gasteiger partial charge in [-0.2, -0.15) is 0 Å². The first-order chi connectivity index (χ1) is 32.1. The number of rotatable bonds is 7. The Labute approximate surface area is 379 Å². The van der Waals surface area contributed by atoms with Crippen LogP contribution in [0.25, 0.3) is 55.3 Å². The summed E-state index contributed by atoms with van der Waals surface area (Å²) in [5, 5.41) is 2.25. The van der Waals surface area contributed by atoms with Gasteiger partial charge in [-0.25, -0.2) is 0 Å². The number of furan rings is 1. The van der Waals surface area contributed by atoms with Crippen molar-refractivity contribution in [1.29, 1.82) is 0 Å². The average molecular weight is 830 g/mol. The van der Waals surface area contributed by atoms with Gasteiger partial charge < -0.3 is 9.32 Å². The molecule has 1 aromatic heterocycles. The number of nitrogens with zero attached hydrogens (tertiary/aromatic N) is 1. The zero-order chi connectivity index (χ0) is 43.1. The van der Waals surface area contributed by atoms with E-state index in [1.165, 1.54) is 61.2 Å². The largest absolute Gasteiger partial charge is 0.455 e. The Kier molecular flexibility index (Phi) is 8.29. The van der Waals surface area contributed by atoms with Crippen LogP contribution in [0.3, 0.4) is 0 Å². The Morgan fingerprint density at radius 1 is 0.369 bits per heavy atom. The number of anilines is 3. The van der Waals surface area contributed by atoms with E-state index in [2.05, 4.69) is 248 Å². The van der Waals surface area contributed by atoms with Crippen molar-refractivity contribution in [3.63, 3.8) is 0 Å². The van der Waals surface area contributed by atoms with Gasteiger partial charge in [-0.1, -0.05) is 206 Å². The molecule has 0 amide bonds. The summed E-state index contributed by atoms with van der Waals surface area (Å²) in [6, 6.07) is 89.2. The van der Waals surface area contributed by atoms with Crippen LogP contribution < -0.4 is 4.90 Å². The number of benzene rings is 10. The SMILES string of the molecule is CC1(c2ccccc2)c2ccccc2-c2c(N(c3cccc(-c4cccc5c4oc4ccccc45)c3)c3ccc4c(c3)C(c3ccccc3)(c3ccccc3)c3ccccc3-4)cccc21. The molecule has 2 aliphatic rings. The number of hydrogen-bond donors (Lipinski definition) is 0. The van der Waals surface area contributed by atoms with Crippen molar-refractivity contribution >= 4 is 39.0 Å². The molecule has 65 heavy (non-hydrogen) atoms. The first-order valence-electron chi connectivity index (χ1n) is 22.6. The molecule has 2 nitrogen and oxygen atoms in total. The predicted octanol–water partition coefficient (Wildman–Crippen LogP) is 16.4. The molecule has 0 spiro atoms.